The van der Waals surface area contributed by atoms with Crippen molar-refractivity contribution in [2.24, 2.45) is 0 Å². The zero-order valence-electron chi connectivity index (χ0n) is 2.62. The van der Waals surface area contributed by atoms with E-state index in [1.807, 2.05) is 0 Å². The van der Waals surface area contributed by atoms with E-state index < -0.39 is 0 Å². The molecule has 0 atom stereocenters. The second-order valence-corrected chi connectivity index (χ2v) is 0. The number of hydrogen-bond acceptors (Lipinski definition) is 0. The molecular weight excluding hydrogens is 190 g/mol. The first-order chi connectivity index (χ1) is 0. The molecule has 0 aliphatic carbocycles. The third-order valence-corrected chi connectivity index (χ3v) is 0. The largest absolute Gasteiger partial charge is 0 e. The topological polar surface area (TPSA) is 0 Å². The fourth-order valence-corrected chi connectivity index (χ4v) is 0. The minimum absolute atomic E-state index is 0. The molecule has 0 aliphatic heterocycles. The molecule has 0 aliphatic rings. The Morgan fingerprint density at radius 3 is 1.00 bits per heavy atom. The summed E-state index contributed by atoms with van der Waals surface area (Å²) < 4.78 is 0. The van der Waals surface area contributed by atoms with E-state index in [1.54, 1.807) is 0 Å². The third kappa shape index (κ3) is 9.00. The zero-order chi connectivity index (χ0) is 0. The van der Waals surface area contributed by atoms with Crippen molar-refractivity contribution in [1.29, 1.82) is 0 Å². The van der Waals surface area contributed by atoms with Gasteiger partial charge >= 0.3 is 0 Å². The van der Waals surface area contributed by atoms with Crippen molar-refractivity contribution in [3.05, 3.63) is 0 Å². The van der Waals surface area contributed by atoms with E-state index >= 15 is 0 Å². The van der Waals surface area contributed by atoms with Gasteiger partial charge in [0.15, 0.2) is 0 Å². The first-order valence-electron chi connectivity index (χ1n) is 0. The second kappa shape index (κ2) is 16.3. The average molecular weight is 190 g/mol. The Labute approximate surface area is 102 Å². The molecule has 4 heteroatoms. The van der Waals surface area contributed by atoms with Crippen LogP contribution in [0.2, 0.25) is 0 Å². The van der Waals surface area contributed by atoms with Crippen molar-refractivity contribution in [3.8, 4) is 0 Å². The van der Waals surface area contributed by atoms with Gasteiger partial charge < -0.3 is 0 Å². The van der Waals surface area contributed by atoms with Crippen LogP contribution in [0.1, 0.15) is 0 Å². The van der Waals surface area contributed by atoms with E-state index in [4.69, 9.17) is 0 Å². The monoisotopic (exact) mass is 189 g/mol. The van der Waals surface area contributed by atoms with Crippen molar-refractivity contribution in [1.82, 2.24) is 0 Å². The van der Waals surface area contributed by atoms with Crippen molar-refractivity contribution < 1.29 is 36.3 Å². The summed E-state index contributed by atoms with van der Waals surface area (Å²) in [5.74, 6) is 0. The van der Waals surface area contributed by atoms with E-state index in [0.29, 0.717) is 0 Å². The second-order valence-electron chi connectivity index (χ2n) is 0. The Morgan fingerprint density at radius 1 is 1.00 bits per heavy atom. The molecule has 0 saturated carbocycles. The maximum absolute atomic E-state index is 0. The van der Waals surface area contributed by atoms with Crippen LogP contribution in [-0.4, -0.2) is 68.7 Å². The van der Waals surface area contributed by atoms with Gasteiger partial charge in [-0.25, -0.2) is 0 Å². The van der Waals surface area contributed by atoms with E-state index in [9.17, 15) is 0 Å². The van der Waals surface area contributed by atoms with Gasteiger partial charge in [-0.15, -0.1) is 0 Å². The summed E-state index contributed by atoms with van der Waals surface area (Å²) in [6, 6.07) is 0. The van der Waals surface area contributed by atoms with E-state index in [0.717, 1.165) is 0 Å². The summed E-state index contributed by atoms with van der Waals surface area (Å²) in [5.41, 5.74) is 0. The van der Waals surface area contributed by atoms with Gasteiger partial charge in [0.25, 0.3) is 0 Å². The number of rotatable bonds is 0. The molecule has 0 fully saturated rings. The minimum Gasteiger partial charge on any atom is 0 e. The first kappa shape index (κ1) is 26.6. The predicted molar refractivity (Wildman–Crippen MR) is 11.5 cm³/mol. The van der Waals surface area contributed by atoms with E-state index in [-0.39, 0.29) is 105 Å². The molecule has 0 heterocycles. The van der Waals surface area contributed by atoms with Gasteiger partial charge in [0.2, 0.25) is 0 Å². The molecule has 0 nitrogen and oxygen atoms in total. The molecule has 0 bridgehead atoms. The molecule has 0 saturated heterocycles. The smallest absolute Gasteiger partial charge is 0 e. The maximum Gasteiger partial charge on any atom is 0 e. The molecule has 0 N–H and O–H groups in total. The molecule has 0 unspecified atom stereocenters. The van der Waals surface area contributed by atoms with Crippen LogP contribution in [-0.2, 0) is 36.3 Å². The molecule has 4 heavy (non-hydrogen) atoms. The standard InChI is InChI=1S/Al.Co.K.Zn. The summed E-state index contributed by atoms with van der Waals surface area (Å²) in [6.45, 7) is 0. The van der Waals surface area contributed by atoms with Crippen molar-refractivity contribution in [3.63, 3.8) is 0 Å². The zero-order valence-corrected chi connectivity index (χ0v) is 10.9. The number of hydrogen-bond donors (Lipinski definition) is 0. The summed E-state index contributed by atoms with van der Waals surface area (Å²) in [6.07, 6.45) is 0. The summed E-state index contributed by atoms with van der Waals surface area (Å²) >= 11 is 0. The Kier molecular flexibility index (Phi) is 108. The Bertz CT molecular complexity index is 8.00. The van der Waals surface area contributed by atoms with Crippen LogP contribution in [0.3, 0.4) is 0 Å². The normalized spacial score (nSPS) is 0. The van der Waals surface area contributed by atoms with Crippen LogP contribution in [0.15, 0.2) is 0 Å². The molecule has 15 valence electrons. The Balaban J connectivity index is 0. The van der Waals surface area contributed by atoms with Gasteiger partial charge in [0.05, 0.1) is 0 Å². The van der Waals surface area contributed by atoms with E-state index in [1.165, 1.54) is 0 Å². The van der Waals surface area contributed by atoms with Crippen molar-refractivity contribution >= 4 is 68.7 Å². The summed E-state index contributed by atoms with van der Waals surface area (Å²) in [4.78, 5) is 0. The molecule has 0 aromatic rings. The third-order valence-electron chi connectivity index (χ3n) is 0. The molecule has 0 aromatic carbocycles. The van der Waals surface area contributed by atoms with Crippen molar-refractivity contribution in [2.45, 2.75) is 0 Å². The van der Waals surface area contributed by atoms with Gasteiger partial charge in [-0.1, -0.05) is 0 Å². The predicted octanol–water partition coefficient (Wildman–Crippen LogP) is -0.767. The molecule has 0 aromatic heterocycles. The van der Waals surface area contributed by atoms with Gasteiger partial charge in [-0.3, -0.25) is 0 Å². The quantitative estimate of drug-likeness (QED) is 0.440. The summed E-state index contributed by atoms with van der Waals surface area (Å²) in [5, 5.41) is 0. The van der Waals surface area contributed by atoms with Crippen LogP contribution >= 0.6 is 0 Å². The van der Waals surface area contributed by atoms with Gasteiger partial charge in [-0.05, 0) is 0 Å². The Morgan fingerprint density at radius 2 is 1.00 bits per heavy atom. The van der Waals surface area contributed by atoms with Crippen LogP contribution in [0.5, 0.6) is 0 Å². The van der Waals surface area contributed by atoms with E-state index in [2.05, 4.69) is 0 Å². The average Bonchev–Trinajstić information content (AvgIpc) is 0. The van der Waals surface area contributed by atoms with Gasteiger partial charge in [0.1, 0.15) is 0 Å². The molecule has 0 amide bonds. The fraction of sp³-hybridized carbons (Fsp3) is 0. The van der Waals surface area contributed by atoms with Crippen LogP contribution < -0.4 is 0 Å². The van der Waals surface area contributed by atoms with Crippen LogP contribution in [0, 0.1) is 0 Å². The maximum atomic E-state index is 0. The molecule has 0 spiro atoms. The minimum atomic E-state index is 0. The first-order valence-corrected chi connectivity index (χ1v) is 0. The molecular formula is AlCoKZn. The van der Waals surface area contributed by atoms with Gasteiger partial charge in [-0.2, -0.15) is 0 Å². The van der Waals surface area contributed by atoms with Crippen LogP contribution in [0.4, 0.5) is 0 Å². The Hall–Kier alpha value is 3.30. The molecule has 0 rings (SSSR count). The SMILES string of the molecule is [Al].[Co].[K].[Zn]. The van der Waals surface area contributed by atoms with Crippen LogP contribution in [0.25, 0.3) is 0 Å². The summed E-state index contributed by atoms with van der Waals surface area (Å²) in [7, 11) is 0. The fourth-order valence-electron chi connectivity index (χ4n) is 0. The van der Waals surface area contributed by atoms with Crippen molar-refractivity contribution in [2.75, 3.05) is 0 Å². The molecule has 5 radical (unpaired) electrons. The van der Waals surface area contributed by atoms with Gasteiger partial charge in [0, 0.05) is 105 Å².